The van der Waals surface area contributed by atoms with Crippen LogP contribution in [0.15, 0.2) is 72.8 Å². The number of ether oxygens (including phenoxy) is 1. The van der Waals surface area contributed by atoms with Crippen molar-refractivity contribution in [1.29, 1.82) is 0 Å². The third-order valence-corrected chi connectivity index (χ3v) is 4.35. The zero-order valence-corrected chi connectivity index (χ0v) is 16.0. The number of halogens is 1. The van der Waals surface area contributed by atoms with E-state index in [4.69, 9.17) is 16.3 Å². The number of methoxy groups -OCH3 is 1. The van der Waals surface area contributed by atoms with E-state index in [2.05, 4.69) is 10.6 Å². The van der Waals surface area contributed by atoms with Gasteiger partial charge in [-0.2, -0.15) is 0 Å². The summed E-state index contributed by atoms with van der Waals surface area (Å²) in [5.41, 5.74) is 2.17. The number of rotatable bonds is 6. The molecule has 28 heavy (non-hydrogen) atoms. The van der Waals surface area contributed by atoms with Crippen molar-refractivity contribution in [1.82, 2.24) is 5.32 Å². The van der Waals surface area contributed by atoms with E-state index in [1.807, 2.05) is 12.1 Å². The fourth-order valence-corrected chi connectivity index (χ4v) is 2.86. The first kappa shape index (κ1) is 19.5. The highest BCUT2D eigenvalue weighted by molar-refractivity contribution is 6.30. The molecule has 0 unspecified atom stereocenters. The van der Waals surface area contributed by atoms with Crippen LogP contribution in [0.2, 0.25) is 5.02 Å². The average Bonchev–Trinajstić information content (AvgIpc) is 2.72. The molecule has 3 aromatic carbocycles. The summed E-state index contributed by atoms with van der Waals surface area (Å²) in [6.07, 6.45) is 0. The number of benzene rings is 3. The number of hydrogen-bond acceptors (Lipinski definition) is 3. The van der Waals surface area contributed by atoms with E-state index in [-0.39, 0.29) is 11.8 Å². The van der Waals surface area contributed by atoms with Crippen molar-refractivity contribution in [3.63, 3.8) is 0 Å². The minimum absolute atomic E-state index is 0.286. The Morgan fingerprint density at radius 2 is 1.68 bits per heavy atom. The summed E-state index contributed by atoms with van der Waals surface area (Å²) in [6, 6.07) is 20.9. The van der Waals surface area contributed by atoms with Gasteiger partial charge >= 0.3 is 0 Å². The number of carbonyl (C=O) groups is 2. The van der Waals surface area contributed by atoms with Gasteiger partial charge in [0.1, 0.15) is 5.75 Å². The predicted octanol–water partition coefficient (Wildman–Crippen LogP) is 4.53. The smallest absolute Gasteiger partial charge is 0.255 e. The lowest BCUT2D eigenvalue weighted by Crippen LogP contribution is -2.24. The molecular formula is C22H19ClN2O3. The minimum Gasteiger partial charge on any atom is -0.497 e. The highest BCUT2D eigenvalue weighted by atomic mass is 35.5. The molecule has 2 N–H and O–H groups in total. The molecule has 0 heterocycles. The lowest BCUT2D eigenvalue weighted by atomic mass is 10.1. The summed E-state index contributed by atoms with van der Waals surface area (Å²) in [6.45, 7) is 0.333. The Kier molecular flexibility index (Phi) is 6.29. The van der Waals surface area contributed by atoms with Gasteiger partial charge in [-0.1, -0.05) is 35.9 Å². The third-order valence-electron chi connectivity index (χ3n) is 4.11. The maximum Gasteiger partial charge on any atom is 0.255 e. The molecule has 0 fully saturated rings. The molecule has 0 aromatic heterocycles. The first-order valence-corrected chi connectivity index (χ1v) is 9.01. The van der Waals surface area contributed by atoms with E-state index >= 15 is 0 Å². The molecule has 0 atom stereocenters. The van der Waals surface area contributed by atoms with Crippen LogP contribution in [0.1, 0.15) is 26.3 Å². The lowest BCUT2D eigenvalue weighted by Gasteiger charge is -2.12. The summed E-state index contributed by atoms with van der Waals surface area (Å²) in [5, 5.41) is 6.25. The summed E-state index contributed by atoms with van der Waals surface area (Å²) in [7, 11) is 1.56. The molecule has 0 saturated carbocycles. The molecule has 3 aromatic rings. The molecule has 0 bridgehead atoms. The van der Waals surface area contributed by atoms with Crippen LogP contribution in [0.3, 0.4) is 0 Å². The first-order chi connectivity index (χ1) is 13.6. The van der Waals surface area contributed by atoms with Crippen LogP contribution < -0.4 is 15.4 Å². The topological polar surface area (TPSA) is 67.4 Å². The van der Waals surface area contributed by atoms with Gasteiger partial charge in [0, 0.05) is 17.1 Å². The number of hydrogen-bond donors (Lipinski definition) is 2. The molecule has 2 amide bonds. The molecule has 6 heteroatoms. The summed E-state index contributed by atoms with van der Waals surface area (Å²) in [5.74, 6) is 0.0701. The Labute approximate surface area is 168 Å². The Balaban J connectivity index is 1.71. The molecule has 0 radical (unpaired) electrons. The van der Waals surface area contributed by atoms with E-state index < -0.39 is 0 Å². The fraction of sp³-hybridized carbons (Fsp3) is 0.0909. The van der Waals surface area contributed by atoms with E-state index in [9.17, 15) is 9.59 Å². The first-order valence-electron chi connectivity index (χ1n) is 8.64. The minimum atomic E-state index is -0.308. The van der Waals surface area contributed by atoms with E-state index in [0.717, 1.165) is 5.56 Å². The SMILES string of the molecule is COc1ccc(C(=O)Nc2ccccc2C(=O)NCc2cccc(Cl)c2)cc1. The maximum absolute atomic E-state index is 12.6. The van der Waals surface area contributed by atoms with Crippen LogP contribution in [0, 0.1) is 0 Å². The molecule has 3 rings (SSSR count). The van der Waals surface area contributed by atoms with Crippen molar-refractivity contribution < 1.29 is 14.3 Å². The quantitative estimate of drug-likeness (QED) is 0.645. The summed E-state index contributed by atoms with van der Waals surface area (Å²) < 4.78 is 5.10. The van der Waals surface area contributed by atoms with Gasteiger partial charge in [0.05, 0.1) is 18.4 Å². The molecule has 0 spiro atoms. The number of amides is 2. The van der Waals surface area contributed by atoms with Crippen LogP contribution in [0.4, 0.5) is 5.69 Å². The standard InChI is InChI=1S/C22H19ClN2O3/c1-28-18-11-9-16(10-12-18)21(26)25-20-8-3-2-7-19(20)22(27)24-14-15-5-4-6-17(23)13-15/h2-13H,14H2,1H3,(H,24,27)(H,25,26). The summed E-state index contributed by atoms with van der Waals surface area (Å²) >= 11 is 5.97. The van der Waals surface area contributed by atoms with Crippen molar-refractivity contribution in [2.75, 3.05) is 12.4 Å². The number of nitrogens with one attached hydrogen (secondary N) is 2. The monoisotopic (exact) mass is 394 g/mol. The van der Waals surface area contributed by atoms with Crippen molar-refractivity contribution in [2.45, 2.75) is 6.54 Å². The number of anilines is 1. The van der Waals surface area contributed by atoms with Gasteiger partial charge in [-0.3, -0.25) is 9.59 Å². The lowest BCUT2D eigenvalue weighted by molar-refractivity contribution is 0.0952. The van der Waals surface area contributed by atoms with Gasteiger partial charge in [-0.25, -0.2) is 0 Å². The molecule has 0 aliphatic carbocycles. The molecule has 142 valence electrons. The molecule has 0 aliphatic heterocycles. The van der Waals surface area contributed by atoms with Gasteiger partial charge in [0.25, 0.3) is 11.8 Å². The van der Waals surface area contributed by atoms with Crippen molar-refractivity contribution in [3.05, 3.63) is 94.5 Å². The predicted molar refractivity (Wildman–Crippen MR) is 110 cm³/mol. The van der Waals surface area contributed by atoms with Crippen LogP contribution in [-0.4, -0.2) is 18.9 Å². The van der Waals surface area contributed by atoms with Crippen molar-refractivity contribution in [2.24, 2.45) is 0 Å². The van der Waals surface area contributed by atoms with Gasteiger partial charge < -0.3 is 15.4 Å². The molecule has 0 aliphatic rings. The second kappa shape index (κ2) is 9.06. The van der Waals surface area contributed by atoms with Gasteiger partial charge in [-0.05, 0) is 54.1 Å². The largest absolute Gasteiger partial charge is 0.497 e. The van der Waals surface area contributed by atoms with Gasteiger partial charge in [0.15, 0.2) is 0 Å². The Morgan fingerprint density at radius 1 is 0.929 bits per heavy atom. The number of para-hydroxylation sites is 1. The highest BCUT2D eigenvalue weighted by Crippen LogP contribution is 2.18. The average molecular weight is 395 g/mol. The molecule has 0 saturated heterocycles. The third kappa shape index (κ3) is 4.90. The van der Waals surface area contributed by atoms with Crippen LogP contribution in [-0.2, 0) is 6.54 Å². The Morgan fingerprint density at radius 3 is 2.39 bits per heavy atom. The van der Waals surface area contributed by atoms with Crippen LogP contribution >= 0.6 is 11.6 Å². The second-order valence-electron chi connectivity index (χ2n) is 6.04. The van der Waals surface area contributed by atoms with Crippen LogP contribution in [0.25, 0.3) is 0 Å². The zero-order chi connectivity index (χ0) is 19.9. The summed E-state index contributed by atoms with van der Waals surface area (Å²) in [4.78, 5) is 25.1. The molecule has 5 nitrogen and oxygen atoms in total. The van der Waals surface area contributed by atoms with E-state index in [1.54, 1.807) is 67.8 Å². The fourth-order valence-electron chi connectivity index (χ4n) is 2.65. The van der Waals surface area contributed by atoms with Gasteiger partial charge in [-0.15, -0.1) is 0 Å². The highest BCUT2D eigenvalue weighted by Gasteiger charge is 2.14. The normalized spacial score (nSPS) is 10.2. The maximum atomic E-state index is 12.6. The van der Waals surface area contributed by atoms with Crippen molar-refractivity contribution in [3.8, 4) is 5.75 Å². The second-order valence-corrected chi connectivity index (χ2v) is 6.48. The Hall–Kier alpha value is -3.31. The van der Waals surface area contributed by atoms with Gasteiger partial charge in [0.2, 0.25) is 0 Å². The zero-order valence-electron chi connectivity index (χ0n) is 15.2. The van der Waals surface area contributed by atoms with Crippen molar-refractivity contribution >= 4 is 29.1 Å². The van der Waals surface area contributed by atoms with Crippen LogP contribution in [0.5, 0.6) is 5.75 Å². The number of carbonyl (C=O) groups excluding carboxylic acids is 2. The van der Waals surface area contributed by atoms with E-state index in [1.165, 1.54) is 0 Å². The van der Waals surface area contributed by atoms with E-state index in [0.29, 0.717) is 34.1 Å². The molecular weight excluding hydrogens is 376 g/mol. The Bertz CT molecular complexity index is 987.